The van der Waals surface area contributed by atoms with Gasteiger partial charge in [0, 0.05) is 6.61 Å². The summed E-state index contributed by atoms with van der Waals surface area (Å²) in [4.78, 5) is 22.3. The monoisotopic (exact) mass is 293 g/mol. The number of aliphatic carboxylic acids is 1. The third-order valence-corrected chi connectivity index (χ3v) is 3.42. The molecule has 0 bridgehead atoms. The van der Waals surface area contributed by atoms with Crippen molar-refractivity contribution in [2.45, 2.75) is 38.6 Å². The molecule has 6 nitrogen and oxygen atoms in total. The Morgan fingerprint density at radius 3 is 2.63 bits per heavy atom. The van der Waals surface area contributed by atoms with Gasteiger partial charge in [-0.2, -0.15) is 11.8 Å². The zero-order valence-corrected chi connectivity index (χ0v) is 12.1. The molecule has 0 saturated carbocycles. The number of carboxylic acid groups (broad SMARTS) is 1. The van der Waals surface area contributed by atoms with E-state index in [2.05, 4.69) is 5.32 Å². The summed E-state index contributed by atoms with van der Waals surface area (Å²) in [5.74, 6) is 0.339. The van der Waals surface area contributed by atoms with Crippen molar-refractivity contribution < 1.29 is 24.5 Å². The molecule has 0 spiro atoms. The Bertz CT molecular complexity index is 263. The van der Waals surface area contributed by atoms with Gasteiger partial charge in [0.1, 0.15) is 6.04 Å². The highest BCUT2D eigenvalue weighted by molar-refractivity contribution is 7.99. The highest BCUT2D eigenvalue weighted by atomic mass is 32.2. The van der Waals surface area contributed by atoms with E-state index >= 15 is 0 Å². The first-order valence-corrected chi connectivity index (χ1v) is 7.62. The average Bonchev–Trinajstić information content (AvgIpc) is 2.37. The van der Waals surface area contributed by atoms with Crippen LogP contribution in [-0.4, -0.2) is 53.0 Å². The zero-order chi connectivity index (χ0) is 14.5. The summed E-state index contributed by atoms with van der Waals surface area (Å²) in [5, 5.41) is 19.9. The van der Waals surface area contributed by atoms with Gasteiger partial charge >= 0.3 is 12.1 Å². The predicted octanol–water partition coefficient (Wildman–Crippen LogP) is 1.47. The fourth-order valence-electron chi connectivity index (χ4n) is 1.22. The number of hydrogen-bond acceptors (Lipinski definition) is 5. The van der Waals surface area contributed by atoms with E-state index in [0.717, 1.165) is 18.6 Å². The molecule has 1 atom stereocenters. The topological polar surface area (TPSA) is 95.9 Å². The number of carbonyl (C=O) groups is 2. The Balaban J connectivity index is 3.85. The molecule has 0 aliphatic carbocycles. The van der Waals surface area contributed by atoms with Crippen LogP contribution >= 0.6 is 11.8 Å². The van der Waals surface area contributed by atoms with Gasteiger partial charge in [-0.1, -0.05) is 13.3 Å². The van der Waals surface area contributed by atoms with Crippen molar-refractivity contribution in [2.24, 2.45) is 0 Å². The molecule has 0 aliphatic heterocycles. The Morgan fingerprint density at radius 2 is 2.05 bits per heavy atom. The van der Waals surface area contributed by atoms with E-state index in [0.29, 0.717) is 25.2 Å². The minimum atomic E-state index is -1.06. The quantitative estimate of drug-likeness (QED) is 0.499. The van der Waals surface area contributed by atoms with E-state index in [1.54, 1.807) is 11.8 Å². The lowest BCUT2D eigenvalue weighted by Gasteiger charge is -2.14. The molecular formula is C12H23NO5S. The molecule has 0 aromatic heterocycles. The van der Waals surface area contributed by atoms with Crippen molar-refractivity contribution in [3.63, 3.8) is 0 Å². The zero-order valence-electron chi connectivity index (χ0n) is 11.3. The SMILES string of the molecule is CCCCOC(=O)NC(CCSCCCO)C(=O)O. The number of amides is 1. The lowest BCUT2D eigenvalue weighted by atomic mass is 10.2. The van der Waals surface area contributed by atoms with Crippen LogP contribution in [0.2, 0.25) is 0 Å². The lowest BCUT2D eigenvalue weighted by molar-refractivity contribution is -0.139. The average molecular weight is 293 g/mol. The van der Waals surface area contributed by atoms with E-state index in [4.69, 9.17) is 14.9 Å². The van der Waals surface area contributed by atoms with Crippen LogP contribution in [0.1, 0.15) is 32.6 Å². The number of alkyl carbamates (subject to hydrolysis) is 1. The Labute approximate surface area is 117 Å². The number of nitrogens with one attached hydrogen (secondary N) is 1. The number of ether oxygens (including phenoxy) is 1. The van der Waals surface area contributed by atoms with Crippen LogP contribution in [-0.2, 0) is 9.53 Å². The maximum atomic E-state index is 11.3. The number of thioether (sulfide) groups is 1. The minimum Gasteiger partial charge on any atom is -0.480 e. The minimum absolute atomic E-state index is 0.136. The van der Waals surface area contributed by atoms with Gasteiger partial charge in [-0.05, 0) is 30.8 Å². The molecule has 0 radical (unpaired) electrons. The van der Waals surface area contributed by atoms with Crippen LogP contribution < -0.4 is 5.32 Å². The van der Waals surface area contributed by atoms with E-state index in [-0.39, 0.29) is 6.61 Å². The van der Waals surface area contributed by atoms with Crippen LogP contribution in [0.25, 0.3) is 0 Å². The lowest BCUT2D eigenvalue weighted by Crippen LogP contribution is -2.41. The molecule has 1 unspecified atom stereocenters. The van der Waals surface area contributed by atoms with Gasteiger partial charge in [0.15, 0.2) is 0 Å². The predicted molar refractivity (Wildman–Crippen MR) is 74.5 cm³/mol. The molecule has 0 rings (SSSR count). The standard InChI is InChI=1S/C12H23NO5S/c1-2-3-7-18-12(17)13-10(11(15)16)5-9-19-8-4-6-14/h10,14H,2-9H2,1H3,(H,13,17)(H,15,16). The second-order valence-electron chi connectivity index (χ2n) is 4.00. The van der Waals surface area contributed by atoms with Gasteiger partial charge in [0.2, 0.25) is 0 Å². The van der Waals surface area contributed by atoms with Gasteiger partial charge < -0.3 is 20.3 Å². The first-order chi connectivity index (χ1) is 9.11. The largest absolute Gasteiger partial charge is 0.480 e. The number of aliphatic hydroxyl groups is 1. The Kier molecular flexibility index (Phi) is 11.5. The summed E-state index contributed by atoms with van der Waals surface area (Å²) < 4.78 is 4.85. The molecule has 3 N–H and O–H groups in total. The maximum Gasteiger partial charge on any atom is 0.407 e. The van der Waals surface area contributed by atoms with E-state index in [9.17, 15) is 9.59 Å². The van der Waals surface area contributed by atoms with Crippen molar-refractivity contribution in [3.8, 4) is 0 Å². The smallest absolute Gasteiger partial charge is 0.407 e. The fraction of sp³-hybridized carbons (Fsp3) is 0.833. The molecule has 1 amide bonds. The summed E-state index contributed by atoms with van der Waals surface area (Å²) in [6.45, 7) is 2.42. The maximum absolute atomic E-state index is 11.3. The van der Waals surface area contributed by atoms with Crippen molar-refractivity contribution in [1.82, 2.24) is 5.32 Å². The van der Waals surface area contributed by atoms with Gasteiger partial charge in [-0.25, -0.2) is 9.59 Å². The summed E-state index contributed by atoms with van der Waals surface area (Å²) in [6.07, 6.45) is 2.03. The second-order valence-corrected chi connectivity index (χ2v) is 5.23. The summed E-state index contributed by atoms with van der Waals surface area (Å²) in [7, 11) is 0. The van der Waals surface area contributed by atoms with Gasteiger partial charge in [-0.15, -0.1) is 0 Å². The molecule has 0 heterocycles. The summed E-state index contributed by atoms with van der Waals surface area (Å²) >= 11 is 1.56. The second kappa shape index (κ2) is 12.1. The van der Waals surface area contributed by atoms with Crippen molar-refractivity contribution in [2.75, 3.05) is 24.7 Å². The molecule has 0 aromatic rings. The Morgan fingerprint density at radius 1 is 1.32 bits per heavy atom. The first kappa shape index (κ1) is 18.0. The number of unbranched alkanes of at least 4 members (excludes halogenated alkanes) is 1. The normalized spacial score (nSPS) is 11.9. The van der Waals surface area contributed by atoms with E-state index in [1.165, 1.54) is 0 Å². The summed E-state index contributed by atoms with van der Waals surface area (Å²) in [6, 6.07) is -0.921. The molecular weight excluding hydrogens is 270 g/mol. The third-order valence-electron chi connectivity index (χ3n) is 2.32. The highest BCUT2D eigenvalue weighted by Gasteiger charge is 2.20. The van der Waals surface area contributed by atoms with Gasteiger partial charge in [-0.3, -0.25) is 0 Å². The van der Waals surface area contributed by atoms with Crippen molar-refractivity contribution >= 4 is 23.8 Å². The number of rotatable bonds is 11. The van der Waals surface area contributed by atoms with Gasteiger partial charge in [0.25, 0.3) is 0 Å². The van der Waals surface area contributed by atoms with Gasteiger partial charge in [0.05, 0.1) is 6.61 Å². The fourth-order valence-corrected chi connectivity index (χ4v) is 2.16. The number of aliphatic hydroxyl groups excluding tert-OH is 1. The van der Waals surface area contributed by atoms with Crippen LogP contribution in [0.3, 0.4) is 0 Å². The van der Waals surface area contributed by atoms with E-state index < -0.39 is 18.1 Å². The molecule has 0 saturated heterocycles. The Hall–Kier alpha value is -0.950. The number of hydrogen-bond donors (Lipinski definition) is 3. The molecule has 0 fully saturated rings. The van der Waals surface area contributed by atoms with Crippen LogP contribution in [0.15, 0.2) is 0 Å². The molecule has 7 heteroatoms. The number of carbonyl (C=O) groups excluding carboxylic acids is 1. The van der Waals surface area contributed by atoms with Crippen LogP contribution in [0.5, 0.6) is 0 Å². The van der Waals surface area contributed by atoms with Crippen LogP contribution in [0.4, 0.5) is 4.79 Å². The van der Waals surface area contributed by atoms with Crippen molar-refractivity contribution in [1.29, 1.82) is 0 Å². The third kappa shape index (κ3) is 10.6. The summed E-state index contributed by atoms with van der Waals surface area (Å²) in [5.41, 5.74) is 0. The van der Waals surface area contributed by atoms with Crippen molar-refractivity contribution in [3.05, 3.63) is 0 Å². The number of carboxylic acids is 1. The van der Waals surface area contributed by atoms with Crippen LogP contribution in [0, 0.1) is 0 Å². The molecule has 19 heavy (non-hydrogen) atoms. The van der Waals surface area contributed by atoms with E-state index in [1.807, 2.05) is 6.92 Å². The first-order valence-electron chi connectivity index (χ1n) is 6.46. The molecule has 112 valence electrons. The molecule has 0 aliphatic rings. The highest BCUT2D eigenvalue weighted by Crippen LogP contribution is 2.07. The molecule has 0 aromatic carbocycles.